The van der Waals surface area contributed by atoms with Gasteiger partial charge in [-0.15, -0.1) is 0 Å². The highest BCUT2D eigenvalue weighted by Crippen LogP contribution is 2.55. The third-order valence-electron chi connectivity index (χ3n) is 4.93. The first kappa shape index (κ1) is 14.6. The smallest absolute Gasteiger partial charge is 0.295 e. The summed E-state index contributed by atoms with van der Waals surface area (Å²) in [7, 11) is 1.54. The highest BCUT2D eigenvalue weighted by atomic mass is 35.5. The number of hydrogen-bond donors (Lipinski definition) is 0. The molecule has 0 N–H and O–H groups in total. The number of rotatable bonds is 1. The number of carbonyl (C=O) groups is 2. The number of aliphatic imine (C=N–C) groups is 1. The van der Waals surface area contributed by atoms with E-state index in [0.717, 1.165) is 5.56 Å². The van der Waals surface area contributed by atoms with Crippen LogP contribution in [0.25, 0.3) is 0 Å². The lowest BCUT2D eigenvalue weighted by molar-refractivity contribution is -0.157. The van der Waals surface area contributed by atoms with Crippen molar-refractivity contribution >= 4 is 35.3 Å². The standard InChI is InChI=1S/C18H12ClN3O3/c1-21-15(23)16(24)22-14-8-7-12(19)9-13(14)18(11-5-3-2-4-6-11)20-10-17(21,22)25-18/h2-10H,1H3/t17-,18+/m0/s1. The third kappa shape index (κ3) is 1.56. The molecule has 124 valence electrons. The summed E-state index contributed by atoms with van der Waals surface area (Å²) in [6, 6.07) is 14.6. The first-order valence-corrected chi connectivity index (χ1v) is 8.12. The van der Waals surface area contributed by atoms with Crippen LogP contribution in [0.5, 0.6) is 0 Å². The number of hydrogen-bond acceptors (Lipinski definition) is 4. The van der Waals surface area contributed by atoms with Crippen LogP contribution < -0.4 is 4.90 Å². The summed E-state index contributed by atoms with van der Waals surface area (Å²) in [5, 5.41) is 0.499. The second-order valence-corrected chi connectivity index (χ2v) is 6.63. The maximum Gasteiger partial charge on any atom is 0.320 e. The van der Waals surface area contributed by atoms with Gasteiger partial charge in [0.1, 0.15) is 0 Å². The van der Waals surface area contributed by atoms with Crippen molar-refractivity contribution in [2.24, 2.45) is 4.99 Å². The van der Waals surface area contributed by atoms with Crippen molar-refractivity contribution in [3.63, 3.8) is 0 Å². The van der Waals surface area contributed by atoms with Gasteiger partial charge >= 0.3 is 11.8 Å². The number of amides is 2. The van der Waals surface area contributed by atoms with Crippen LogP contribution in [-0.2, 0) is 20.1 Å². The van der Waals surface area contributed by atoms with E-state index >= 15 is 0 Å². The fourth-order valence-corrected chi connectivity index (χ4v) is 3.89. The normalized spacial score (nSPS) is 29.2. The second-order valence-electron chi connectivity index (χ2n) is 6.20. The first-order chi connectivity index (χ1) is 12.0. The number of ether oxygens (including phenoxy) is 1. The molecule has 0 aliphatic carbocycles. The highest BCUT2D eigenvalue weighted by molar-refractivity contribution is 6.44. The molecule has 5 rings (SSSR count). The molecule has 3 aliphatic rings. The molecule has 0 radical (unpaired) electrons. The fraction of sp³-hybridized carbons (Fsp3) is 0.167. The van der Waals surface area contributed by atoms with Crippen LogP contribution in [0.1, 0.15) is 11.1 Å². The van der Waals surface area contributed by atoms with Crippen molar-refractivity contribution in [1.29, 1.82) is 0 Å². The maximum absolute atomic E-state index is 12.6. The average Bonchev–Trinajstić information content (AvgIpc) is 3.08. The number of nitrogens with zero attached hydrogens (tertiary/aromatic N) is 3. The molecular weight excluding hydrogens is 342 g/mol. The number of fused-ring (bicyclic) bond motifs is 4. The van der Waals surface area contributed by atoms with Gasteiger partial charge in [0.2, 0.25) is 5.72 Å². The summed E-state index contributed by atoms with van der Waals surface area (Å²) in [5.74, 6) is -2.65. The zero-order valence-electron chi connectivity index (χ0n) is 13.1. The van der Waals surface area contributed by atoms with E-state index in [0.29, 0.717) is 16.3 Å². The topological polar surface area (TPSA) is 62.2 Å². The van der Waals surface area contributed by atoms with E-state index in [1.54, 1.807) is 18.2 Å². The lowest BCUT2D eigenvalue weighted by atomic mass is 9.92. The summed E-state index contributed by atoms with van der Waals surface area (Å²) < 4.78 is 6.35. The molecule has 2 amide bonds. The molecule has 2 aromatic carbocycles. The van der Waals surface area contributed by atoms with E-state index in [1.807, 2.05) is 30.3 Å². The Morgan fingerprint density at radius 3 is 2.60 bits per heavy atom. The molecule has 2 atom stereocenters. The largest absolute Gasteiger partial charge is 0.320 e. The fourth-order valence-electron chi connectivity index (χ4n) is 3.72. The molecule has 7 heteroatoms. The highest BCUT2D eigenvalue weighted by Gasteiger charge is 2.67. The zero-order chi connectivity index (χ0) is 17.4. The van der Waals surface area contributed by atoms with Crippen molar-refractivity contribution in [1.82, 2.24) is 4.90 Å². The molecule has 1 fully saturated rings. The van der Waals surface area contributed by atoms with Crippen molar-refractivity contribution in [3.05, 3.63) is 64.7 Å². The summed E-state index contributed by atoms with van der Waals surface area (Å²) in [6.07, 6.45) is 1.52. The van der Waals surface area contributed by atoms with E-state index < -0.39 is 23.4 Å². The Hall–Kier alpha value is -2.70. The van der Waals surface area contributed by atoms with Crippen molar-refractivity contribution < 1.29 is 14.3 Å². The van der Waals surface area contributed by atoms with E-state index in [4.69, 9.17) is 16.3 Å². The van der Waals surface area contributed by atoms with E-state index in [1.165, 1.54) is 23.1 Å². The van der Waals surface area contributed by atoms with Crippen LogP contribution in [0.3, 0.4) is 0 Å². The molecule has 0 unspecified atom stereocenters. The minimum absolute atomic E-state index is 0.499. The van der Waals surface area contributed by atoms with Gasteiger partial charge in [-0.05, 0) is 18.2 Å². The van der Waals surface area contributed by atoms with Gasteiger partial charge in [0.25, 0.3) is 5.85 Å². The van der Waals surface area contributed by atoms with Gasteiger partial charge in [0.05, 0.1) is 11.9 Å². The summed E-state index contributed by atoms with van der Waals surface area (Å²) in [5.41, 5.74) is 0.843. The number of carbonyl (C=O) groups excluding carboxylic acids is 2. The van der Waals surface area contributed by atoms with Crippen molar-refractivity contribution in [2.45, 2.75) is 11.6 Å². The quantitative estimate of drug-likeness (QED) is 0.738. The average molecular weight is 354 g/mol. The van der Waals surface area contributed by atoms with Crippen LogP contribution in [0.15, 0.2) is 53.5 Å². The molecule has 6 nitrogen and oxygen atoms in total. The lowest BCUT2D eigenvalue weighted by Gasteiger charge is -2.44. The molecule has 2 aromatic rings. The molecular formula is C18H12ClN3O3. The van der Waals surface area contributed by atoms with Gasteiger partial charge in [-0.3, -0.25) is 24.1 Å². The number of benzene rings is 2. The molecule has 0 saturated carbocycles. The molecule has 2 bridgehead atoms. The van der Waals surface area contributed by atoms with E-state index in [9.17, 15) is 9.59 Å². The zero-order valence-corrected chi connectivity index (χ0v) is 13.9. The van der Waals surface area contributed by atoms with Gasteiger partial charge in [0.15, 0.2) is 0 Å². The van der Waals surface area contributed by atoms with Gasteiger partial charge in [0, 0.05) is 23.2 Å². The molecule has 3 heterocycles. The Morgan fingerprint density at radius 2 is 1.84 bits per heavy atom. The Bertz CT molecular complexity index is 977. The third-order valence-corrected chi connectivity index (χ3v) is 5.17. The Balaban J connectivity index is 1.86. The Morgan fingerprint density at radius 1 is 1.08 bits per heavy atom. The van der Waals surface area contributed by atoms with Gasteiger partial charge < -0.3 is 0 Å². The van der Waals surface area contributed by atoms with Crippen molar-refractivity contribution in [2.75, 3.05) is 11.9 Å². The predicted octanol–water partition coefficient (Wildman–Crippen LogP) is 2.11. The summed E-state index contributed by atoms with van der Waals surface area (Å²) in [6.45, 7) is 0. The van der Waals surface area contributed by atoms with Crippen LogP contribution >= 0.6 is 11.6 Å². The summed E-state index contributed by atoms with van der Waals surface area (Å²) >= 11 is 6.21. The second kappa shape index (κ2) is 4.47. The SMILES string of the molecule is CN1C(=O)C(=O)N2c3ccc(Cl)cc3[C@]3(c4ccccc4)N=C[C@]12O3. The van der Waals surface area contributed by atoms with E-state index in [-0.39, 0.29) is 0 Å². The van der Waals surface area contributed by atoms with Gasteiger partial charge in [-0.1, -0.05) is 41.9 Å². The molecule has 3 aliphatic heterocycles. The van der Waals surface area contributed by atoms with Gasteiger partial charge in [-0.2, -0.15) is 0 Å². The van der Waals surface area contributed by atoms with Crippen LogP contribution in [-0.4, -0.2) is 35.8 Å². The molecule has 1 spiro atoms. The van der Waals surface area contributed by atoms with E-state index in [2.05, 4.69) is 4.99 Å². The van der Waals surface area contributed by atoms with Crippen LogP contribution in [0, 0.1) is 0 Å². The monoisotopic (exact) mass is 353 g/mol. The minimum atomic E-state index is -1.36. The Labute approximate surface area is 148 Å². The van der Waals surface area contributed by atoms with Gasteiger partial charge in [-0.25, -0.2) is 4.99 Å². The molecule has 1 saturated heterocycles. The first-order valence-electron chi connectivity index (χ1n) is 7.74. The Kier molecular flexibility index (Phi) is 2.62. The number of halogens is 1. The van der Waals surface area contributed by atoms with Crippen LogP contribution in [0.2, 0.25) is 5.02 Å². The number of likely N-dealkylation sites (N-methyl/N-ethyl adjacent to an activating group) is 1. The molecule has 25 heavy (non-hydrogen) atoms. The number of anilines is 1. The lowest BCUT2D eigenvalue weighted by Crippen LogP contribution is -2.59. The maximum atomic E-state index is 12.6. The molecule has 0 aromatic heterocycles. The van der Waals surface area contributed by atoms with Crippen molar-refractivity contribution in [3.8, 4) is 0 Å². The van der Waals surface area contributed by atoms with Crippen LogP contribution in [0.4, 0.5) is 5.69 Å². The minimum Gasteiger partial charge on any atom is -0.295 e. The predicted molar refractivity (Wildman–Crippen MR) is 91.2 cm³/mol. The summed E-state index contributed by atoms with van der Waals surface area (Å²) in [4.78, 5) is 32.2.